The molecule has 34 heavy (non-hydrogen) atoms. The molecule has 1 aromatic heterocycles. The molecule has 0 aliphatic rings. The van der Waals surface area contributed by atoms with Crippen molar-refractivity contribution in [1.29, 1.82) is 0 Å². The first-order valence-corrected chi connectivity index (χ1v) is 10.6. The van der Waals surface area contributed by atoms with Gasteiger partial charge in [0.1, 0.15) is 0 Å². The van der Waals surface area contributed by atoms with E-state index in [1.165, 1.54) is 48.8 Å². The number of carbonyl (C=O) groups is 1. The van der Waals surface area contributed by atoms with E-state index in [1.54, 1.807) is 50.2 Å². The third-order valence-electron chi connectivity index (χ3n) is 5.79. The number of benzene rings is 3. The zero-order chi connectivity index (χ0) is 24.5. The van der Waals surface area contributed by atoms with E-state index in [0.717, 1.165) is 4.68 Å². The Morgan fingerprint density at radius 1 is 0.912 bits per heavy atom. The molecule has 0 aliphatic heterocycles. The van der Waals surface area contributed by atoms with Gasteiger partial charge in [-0.15, -0.1) is 0 Å². The topological polar surface area (TPSA) is 72.9 Å². The average molecular weight is 464 g/mol. The van der Waals surface area contributed by atoms with Gasteiger partial charge in [0.15, 0.2) is 0 Å². The largest absolute Gasteiger partial charge is 0.422 e. The number of halogens is 3. The smallest absolute Gasteiger partial charge is 0.399 e. The highest BCUT2D eigenvalue weighted by Gasteiger charge is 2.59. The molecule has 0 saturated carbocycles. The minimum absolute atomic E-state index is 0.00754. The van der Waals surface area contributed by atoms with Gasteiger partial charge in [0.25, 0.3) is 5.91 Å². The summed E-state index contributed by atoms with van der Waals surface area (Å²) in [6, 6.07) is 18.5. The number of hydrogen-bond donors (Lipinski definition) is 2. The van der Waals surface area contributed by atoms with E-state index >= 15 is 13.2 Å². The van der Waals surface area contributed by atoms with Crippen molar-refractivity contribution >= 4 is 17.3 Å². The van der Waals surface area contributed by atoms with Gasteiger partial charge in [-0.2, -0.15) is 18.3 Å². The molecule has 1 amide bonds. The SMILES string of the molecule is Cc1cc(C(c2ccccc2)(n2cccn2)C(F)(F)F)cc(C)c1NC(=O)c1cccc(N)c1. The molecule has 1 heterocycles. The predicted octanol–water partition coefficient (Wildman–Crippen LogP) is 5.69. The van der Waals surface area contributed by atoms with E-state index in [9.17, 15) is 4.79 Å². The summed E-state index contributed by atoms with van der Waals surface area (Å²) < 4.78 is 45.9. The van der Waals surface area contributed by atoms with Crippen molar-refractivity contribution in [2.45, 2.75) is 25.6 Å². The maximum Gasteiger partial charge on any atom is 0.422 e. The van der Waals surface area contributed by atoms with Crippen molar-refractivity contribution in [3.05, 3.63) is 113 Å². The maximum absolute atomic E-state index is 15.0. The highest BCUT2D eigenvalue weighted by atomic mass is 19.4. The summed E-state index contributed by atoms with van der Waals surface area (Å²) in [5.41, 5.74) is 5.45. The maximum atomic E-state index is 15.0. The van der Waals surface area contributed by atoms with Crippen LogP contribution in [0.2, 0.25) is 0 Å². The van der Waals surface area contributed by atoms with Crippen molar-refractivity contribution in [1.82, 2.24) is 9.78 Å². The van der Waals surface area contributed by atoms with Gasteiger partial charge in [-0.25, -0.2) is 4.68 Å². The standard InChI is InChI=1S/C26H23F3N4O/c1-17-14-21(15-18(2)23(17)32-24(34)19-8-6-11-22(30)16-19)25(26(27,28)29,33-13-7-12-31-33)20-9-4-3-5-10-20/h3-16H,30H2,1-2H3,(H,32,34). The molecule has 0 fully saturated rings. The molecule has 8 heteroatoms. The minimum Gasteiger partial charge on any atom is -0.399 e. The fourth-order valence-electron chi connectivity index (χ4n) is 4.27. The number of nitrogen functional groups attached to an aromatic ring is 1. The fourth-order valence-corrected chi connectivity index (χ4v) is 4.27. The van der Waals surface area contributed by atoms with Crippen LogP contribution in [0.25, 0.3) is 0 Å². The lowest BCUT2D eigenvalue weighted by Gasteiger charge is -2.37. The summed E-state index contributed by atoms with van der Waals surface area (Å²) in [6.07, 6.45) is -2.09. The number of aromatic nitrogens is 2. The van der Waals surface area contributed by atoms with E-state index in [-0.39, 0.29) is 11.1 Å². The Labute approximate surface area is 195 Å². The molecule has 5 nitrogen and oxygen atoms in total. The van der Waals surface area contributed by atoms with Crippen LogP contribution in [0.4, 0.5) is 24.5 Å². The van der Waals surface area contributed by atoms with Gasteiger partial charge in [0, 0.05) is 29.3 Å². The number of nitrogens with one attached hydrogen (secondary N) is 1. The Hall–Kier alpha value is -4.07. The molecule has 0 radical (unpaired) electrons. The Bertz CT molecular complexity index is 1290. The van der Waals surface area contributed by atoms with Crippen LogP contribution in [0.5, 0.6) is 0 Å². The van der Waals surface area contributed by atoms with Crippen LogP contribution in [-0.2, 0) is 5.54 Å². The van der Waals surface area contributed by atoms with Gasteiger partial charge < -0.3 is 11.1 Å². The summed E-state index contributed by atoms with van der Waals surface area (Å²) >= 11 is 0. The lowest BCUT2D eigenvalue weighted by atomic mass is 9.80. The van der Waals surface area contributed by atoms with Crippen LogP contribution in [-0.4, -0.2) is 21.9 Å². The summed E-state index contributed by atoms with van der Waals surface area (Å²) in [4.78, 5) is 12.8. The molecular formula is C26H23F3N4O. The zero-order valence-corrected chi connectivity index (χ0v) is 18.6. The summed E-state index contributed by atoms with van der Waals surface area (Å²) in [7, 11) is 0. The van der Waals surface area contributed by atoms with Gasteiger partial charge in [-0.1, -0.05) is 48.5 Å². The lowest BCUT2D eigenvalue weighted by molar-refractivity contribution is -0.189. The molecule has 0 bridgehead atoms. The van der Waals surface area contributed by atoms with Crippen LogP contribution < -0.4 is 11.1 Å². The van der Waals surface area contributed by atoms with Crippen LogP contribution in [0.1, 0.15) is 32.6 Å². The molecule has 1 unspecified atom stereocenters. The van der Waals surface area contributed by atoms with Crippen molar-refractivity contribution < 1.29 is 18.0 Å². The molecule has 4 aromatic rings. The number of rotatable bonds is 5. The molecular weight excluding hydrogens is 441 g/mol. The summed E-state index contributed by atoms with van der Waals surface area (Å²) in [6.45, 7) is 3.33. The number of alkyl halides is 3. The molecule has 4 rings (SSSR count). The number of carbonyl (C=O) groups excluding carboxylic acids is 1. The van der Waals surface area contributed by atoms with Crippen molar-refractivity contribution in [2.24, 2.45) is 0 Å². The normalized spacial score (nSPS) is 13.3. The second kappa shape index (κ2) is 8.70. The molecule has 3 aromatic carbocycles. The van der Waals surface area contributed by atoms with E-state index in [1.807, 2.05) is 0 Å². The molecule has 0 aliphatic carbocycles. The Morgan fingerprint density at radius 3 is 2.15 bits per heavy atom. The first-order chi connectivity index (χ1) is 16.1. The van der Waals surface area contributed by atoms with Gasteiger partial charge >= 0.3 is 6.18 Å². The van der Waals surface area contributed by atoms with Crippen LogP contribution in [0, 0.1) is 13.8 Å². The summed E-state index contributed by atoms with van der Waals surface area (Å²) in [5.74, 6) is -0.400. The molecule has 0 saturated heterocycles. The van der Waals surface area contributed by atoms with Crippen LogP contribution in [0.3, 0.4) is 0 Å². The first kappa shape index (κ1) is 23.1. The van der Waals surface area contributed by atoms with E-state index in [0.29, 0.717) is 28.1 Å². The van der Waals surface area contributed by atoms with E-state index in [2.05, 4.69) is 10.4 Å². The number of aryl methyl sites for hydroxylation is 2. The quantitative estimate of drug-likeness (QED) is 0.373. The molecule has 0 spiro atoms. The third kappa shape index (κ3) is 3.91. The zero-order valence-electron chi connectivity index (χ0n) is 18.6. The Morgan fingerprint density at radius 2 is 1.59 bits per heavy atom. The van der Waals surface area contributed by atoms with E-state index in [4.69, 9.17) is 5.73 Å². The predicted molar refractivity (Wildman–Crippen MR) is 126 cm³/mol. The highest BCUT2D eigenvalue weighted by Crippen LogP contribution is 2.48. The summed E-state index contributed by atoms with van der Waals surface area (Å²) in [5, 5.41) is 6.82. The van der Waals surface area contributed by atoms with Gasteiger partial charge in [0.05, 0.1) is 0 Å². The highest BCUT2D eigenvalue weighted by molar-refractivity contribution is 6.05. The number of nitrogens with zero attached hydrogens (tertiary/aromatic N) is 2. The second-order valence-electron chi connectivity index (χ2n) is 8.09. The van der Waals surface area contributed by atoms with Gasteiger partial charge in [-0.05, 0) is 60.4 Å². The lowest BCUT2D eigenvalue weighted by Crippen LogP contribution is -2.50. The Balaban J connectivity index is 1.87. The van der Waals surface area contributed by atoms with Crippen molar-refractivity contribution in [3.63, 3.8) is 0 Å². The van der Waals surface area contributed by atoms with Gasteiger partial charge in [0.2, 0.25) is 5.54 Å². The average Bonchev–Trinajstić information content (AvgIpc) is 3.31. The number of anilines is 2. The first-order valence-electron chi connectivity index (χ1n) is 10.6. The monoisotopic (exact) mass is 464 g/mol. The number of amides is 1. The number of hydrogen-bond acceptors (Lipinski definition) is 3. The molecule has 3 N–H and O–H groups in total. The Kier molecular flexibility index (Phi) is 5.91. The van der Waals surface area contributed by atoms with Crippen LogP contribution in [0.15, 0.2) is 85.2 Å². The van der Waals surface area contributed by atoms with Crippen LogP contribution >= 0.6 is 0 Å². The molecule has 174 valence electrons. The van der Waals surface area contributed by atoms with Crippen molar-refractivity contribution in [3.8, 4) is 0 Å². The molecule has 1 atom stereocenters. The second-order valence-corrected chi connectivity index (χ2v) is 8.09. The van der Waals surface area contributed by atoms with Gasteiger partial charge in [-0.3, -0.25) is 4.79 Å². The minimum atomic E-state index is -4.72. The number of nitrogens with two attached hydrogens (primary N) is 1. The third-order valence-corrected chi connectivity index (χ3v) is 5.79. The fraction of sp³-hybridized carbons (Fsp3) is 0.154. The van der Waals surface area contributed by atoms with E-state index < -0.39 is 17.6 Å². The van der Waals surface area contributed by atoms with Crippen molar-refractivity contribution in [2.75, 3.05) is 11.1 Å².